The lowest BCUT2D eigenvalue weighted by Crippen LogP contribution is -2.25. The minimum absolute atomic E-state index is 0.126. The molecule has 0 radical (unpaired) electrons. The normalized spacial score (nSPS) is 12.4. The molecule has 0 amide bonds. The van der Waals surface area contributed by atoms with E-state index in [2.05, 4.69) is 28.3 Å². The van der Waals surface area contributed by atoms with Gasteiger partial charge in [-0.1, -0.05) is 13.0 Å². The fourth-order valence-electron chi connectivity index (χ4n) is 2.28. The fourth-order valence-corrected chi connectivity index (χ4v) is 2.28. The Balaban J connectivity index is 2.41. The van der Waals surface area contributed by atoms with E-state index in [0.717, 1.165) is 35.3 Å². The molecule has 0 aliphatic rings. The predicted octanol–water partition coefficient (Wildman–Crippen LogP) is 3.32. The van der Waals surface area contributed by atoms with Crippen molar-refractivity contribution < 1.29 is 4.39 Å². The van der Waals surface area contributed by atoms with E-state index < -0.39 is 0 Å². The van der Waals surface area contributed by atoms with Crippen LogP contribution in [-0.2, 0) is 0 Å². The van der Waals surface area contributed by atoms with E-state index in [1.165, 1.54) is 12.3 Å². The first-order chi connectivity index (χ1) is 9.61. The number of rotatable bonds is 5. The average Bonchev–Trinajstić information content (AvgIpc) is 2.41. The zero-order valence-electron chi connectivity index (χ0n) is 12.2. The fraction of sp³-hybridized carbons (Fsp3) is 0.375. The van der Waals surface area contributed by atoms with Crippen LogP contribution in [0.15, 0.2) is 30.7 Å². The first-order valence-electron chi connectivity index (χ1n) is 6.88. The molecule has 1 atom stereocenters. The minimum Gasteiger partial charge on any atom is -0.305 e. The molecule has 0 saturated carbocycles. The van der Waals surface area contributed by atoms with Gasteiger partial charge >= 0.3 is 0 Å². The second-order valence-corrected chi connectivity index (χ2v) is 5.04. The van der Waals surface area contributed by atoms with Crippen LogP contribution in [0.4, 0.5) is 4.39 Å². The lowest BCUT2D eigenvalue weighted by molar-refractivity contribution is 0.569. The van der Waals surface area contributed by atoms with E-state index in [0.29, 0.717) is 0 Å². The lowest BCUT2D eigenvalue weighted by atomic mass is 10.0. The van der Waals surface area contributed by atoms with Gasteiger partial charge in [0.15, 0.2) is 0 Å². The molecule has 106 valence electrons. The van der Waals surface area contributed by atoms with Crippen LogP contribution < -0.4 is 5.32 Å². The highest BCUT2D eigenvalue weighted by Gasteiger charge is 2.18. The van der Waals surface area contributed by atoms with Gasteiger partial charge in [0.2, 0.25) is 0 Å². The van der Waals surface area contributed by atoms with Crippen molar-refractivity contribution in [1.29, 1.82) is 0 Å². The number of aryl methyl sites for hydroxylation is 2. The molecule has 0 fully saturated rings. The summed E-state index contributed by atoms with van der Waals surface area (Å²) in [5, 5.41) is 3.42. The van der Waals surface area contributed by atoms with Crippen LogP contribution in [0, 0.1) is 19.7 Å². The highest BCUT2D eigenvalue weighted by atomic mass is 19.1. The molecular weight excluding hydrogens is 253 g/mol. The molecule has 4 heteroatoms. The molecule has 0 aliphatic heterocycles. The maximum Gasteiger partial charge on any atom is 0.141 e. The van der Waals surface area contributed by atoms with Gasteiger partial charge < -0.3 is 5.32 Å². The Morgan fingerprint density at radius 2 is 2.00 bits per heavy atom. The smallest absolute Gasteiger partial charge is 0.141 e. The average molecular weight is 273 g/mol. The number of hydrogen-bond acceptors (Lipinski definition) is 3. The topological polar surface area (TPSA) is 37.8 Å². The molecule has 1 unspecified atom stereocenters. The zero-order chi connectivity index (χ0) is 14.5. The Hall–Kier alpha value is -1.81. The third kappa shape index (κ3) is 3.39. The summed E-state index contributed by atoms with van der Waals surface area (Å²) < 4.78 is 13.4. The Bertz CT molecular complexity index is 584. The van der Waals surface area contributed by atoms with Crippen LogP contribution in [0.2, 0.25) is 0 Å². The molecular formula is C16H20FN3. The number of nitrogens with one attached hydrogen (secondary N) is 1. The Morgan fingerprint density at radius 3 is 2.65 bits per heavy atom. The van der Waals surface area contributed by atoms with Crippen LogP contribution in [0.1, 0.15) is 41.8 Å². The molecule has 3 nitrogen and oxygen atoms in total. The first kappa shape index (κ1) is 14.6. The first-order valence-corrected chi connectivity index (χ1v) is 6.88. The number of nitrogens with zero attached hydrogens (tertiary/aromatic N) is 2. The summed E-state index contributed by atoms with van der Waals surface area (Å²) in [5.41, 5.74) is 3.95. The van der Waals surface area contributed by atoms with Crippen LogP contribution in [0.3, 0.4) is 0 Å². The van der Waals surface area contributed by atoms with E-state index >= 15 is 0 Å². The van der Waals surface area contributed by atoms with E-state index in [1.807, 2.05) is 20.0 Å². The number of pyridine rings is 2. The summed E-state index contributed by atoms with van der Waals surface area (Å²) in [7, 11) is 0. The molecule has 0 bridgehead atoms. The van der Waals surface area contributed by atoms with Gasteiger partial charge in [-0.05, 0) is 49.6 Å². The van der Waals surface area contributed by atoms with Crippen molar-refractivity contribution in [3.05, 3.63) is 58.9 Å². The SMILES string of the molecule is CCCNC(c1cncc(F)c1)c1ncc(C)cc1C. The van der Waals surface area contributed by atoms with Crippen LogP contribution in [-0.4, -0.2) is 16.5 Å². The molecule has 0 aromatic carbocycles. The summed E-state index contributed by atoms with van der Waals surface area (Å²) in [6.45, 7) is 6.99. The van der Waals surface area contributed by atoms with Gasteiger partial charge in [0.05, 0.1) is 17.9 Å². The van der Waals surface area contributed by atoms with E-state index in [4.69, 9.17) is 0 Å². The monoisotopic (exact) mass is 273 g/mol. The van der Waals surface area contributed by atoms with Crippen molar-refractivity contribution in [2.75, 3.05) is 6.54 Å². The van der Waals surface area contributed by atoms with Crippen molar-refractivity contribution >= 4 is 0 Å². The number of hydrogen-bond donors (Lipinski definition) is 1. The summed E-state index contributed by atoms with van der Waals surface area (Å²) in [6.07, 6.45) is 5.76. The quantitative estimate of drug-likeness (QED) is 0.908. The van der Waals surface area contributed by atoms with Gasteiger partial charge in [-0.2, -0.15) is 0 Å². The van der Waals surface area contributed by atoms with Gasteiger partial charge in [-0.15, -0.1) is 0 Å². The Labute approximate surface area is 119 Å². The standard InChI is InChI=1S/C16H20FN3/c1-4-5-19-16(13-7-14(17)10-18-9-13)15-12(3)6-11(2)8-20-15/h6-10,16,19H,4-5H2,1-3H3. The Morgan fingerprint density at radius 1 is 1.20 bits per heavy atom. The molecule has 2 heterocycles. The largest absolute Gasteiger partial charge is 0.305 e. The molecule has 2 rings (SSSR count). The maximum atomic E-state index is 13.4. The minimum atomic E-state index is -0.324. The van der Waals surface area contributed by atoms with Crippen molar-refractivity contribution in [2.24, 2.45) is 0 Å². The summed E-state index contributed by atoms with van der Waals surface area (Å²) in [5.74, 6) is -0.324. The molecule has 2 aromatic rings. The highest BCUT2D eigenvalue weighted by Crippen LogP contribution is 2.23. The van der Waals surface area contributed by atoms with Crippen LogP contribution >= 0.6 is 0 Å². The third-order valence-electron chi connectivity index (χ3n) is 3.19. The van der Waals surface area contributed by atoms with Crippen molar-refractivity contribution in [1.82, 2.24) is 15.3 Å². The van der Waals surface area contributed by atoms with Crippen molar-refractivity contribution in [3.63, 3.8) is 0 Å². The van der Waals surface area contributed by atoms with Gasteiger partial charge in [0.1, 0.15) is 5.82 Å². The van der Waals surface area contributed by atoms with E-state index in [1.54, 1.807) is 6.20 Å². The summed E-state index contributed by atoms with van der Waals surface area (Å²) in [4.78, 5) is 8.47. The van der Waals surface area contributed by atoms with E-state index in [9.17, 15) is 4.39 Å². The molecule has 2 aromatic heterocycles. The molecule has 0 aliphatic carbocycles. The van der Waals surface area contributed by atoms with Crippen molar-refractivity contribution in [2.45, 2.75) is 33.2 Å². The molecule has 0 spiro atoms. The van der Waals surface area contributed by atoms with Crippen molar-refractivity contribution in [3.8, 4) is 0 Å². The van der Waals surface area contributed by atoms with Gasteiger partial charge in [-0.25, -0.2) is 4.39 Å². The van der Waals surface area contributed by atoms with Gasteiger partial charge in [-0.3, -0.25) is 9.97 Å². The molecule has 0 saturated heterocycles. The molecule has 20 heavy (non-hydrogen) atoms. The number of halogens is 1. The Kier molecular flexibility index (Phi) is 4.79. The van der Waals surface area contributed by atoms with Crippen LogP contribution in [0.25, 0.3) is 0 Å². The lowest BCUT2D eigenvalue weighted by Gasteiger charge is -2.20. The summed E-state index contributed by atoms with van der Waals surface area (Å²) >= 11 is 0. The molecule has 1 N–H and O–H groups in total. The van der Waals surface area contributed by atoms with Gasteiger partial charge in [0.25, 0.3) is 0 Å². The highest BCUT2D eigenvalue weighted by molar-refractivity contribution is 5.32. The zero-order valence-corrected chi connectivity index (χ0v) is 12.2. The predicted molar refractivity (Wildman–Crippen MR) is 78.0 cm³/mol. The third-order valence-corrected chi connectivity index (χ3v) is 3.19. The van der Waals surface area contributed by atoms with Crippen LogP contribution in [0.5, 0.6) is 0 Å². The van der Waals surface area contributed by atoms with E-state index in [-0.39, 0.29) is 11.9 Å². The maximum absolute atomic E-state index is 13.4. The van der Waals surface area contributed by atoms with Gasteiger partial charge in [0, 0.05) is 12.4 Å². The number of aromatic nitrogens is 2. The second-order valence-electron chi connectivity index (χ2n) is 5.04. The summed E-state index contributed by atoms with van der Waals surface area (Å²) in [6, 6.07) is 3.48. The second kappa shape index (κ2) is 6.57.